The predicted octanol–water partition coefficient (Wildman–Crippen LogP) is 4.22. The fourth-order valence-corrected chi connectivity index (χ4v) is 2.44. The first kappa shape index (κ1) is 16.7. The highest BCUT2D eigenvalue weighted by Crippen LogP contribution is 2.16. The van der Waals surface area contributed by atoms with Crippen LogP contribution < -0.4 is 5.32 Å². The molecule has 1 atom stereocenters. The van der Waals surface area contributed by atoms with Gasteiger partial charge in [0.15, 0.2) is 0 Å². The second kappa shape index (κ2) is 7.56. The first-order chi connectivity index (χ1) is 10.5. The van der Waals surface area contributed by atoms with Crippen molar-refractivity contribution in [3.8, 4) is 0 Å². The number of halogens is 1. The Balaban J connectivity index is 1.97. The number of hydrogen-bond acceptors (Lipinski definition) is 2. The van der Waals surface area contributed by atoms with Gasteiger partial charge in [-0.05, 0) is 56.3 Å². The molecule has 0 heterocycles. The molecule has 0 aliphatic heterocycles. The van der Waals surface area contributed by atoms with E-state index in [1.165, 1.54) is 11.1 Å². The Labute approximate surface area is 140 Å². The van der Waals surface area contributed by atoms with Gasteiger partial charge in [-0.15, -0.1) is 0 Å². The summed E-state index contributed by atoms with van der Waals surface area (Å²) in [7, 11) is 1.97. The van der Waals surface area contributed by atoms with E-state index in [4.69, 9.17) is 0 Å². The van der Waals surface area contributed by atoms with Crippen LogP contribution in [0.2, 0.25) is 0 Å². The number of aryl methyl sites for hydroxylation is 1. The van der Waals surface area contributed by atoms with E-state index < -0.39 is 0 Å². The summed E-state index contributed by atoms with van der Waals surface area (Å²) in [6.45, 7) is 4.77. The van der Waals surface area contributed by atoms with Crippen molar-refractivity contribution in [3.63, 3.8) is 0 Å². The van der Waals surface area contributed by atoms with Gasteiger partial charge in [0.25, 0.3) is 0 Å². The van der Waals surface area contributed by atoms with Crippen LogP contribution in [0.25, 0.3) is 0 Å². The van der Waals surface area contributed by atoms with Gasteiger partial charge in [0.2, 0.25) is 5.91 Å². The molecule has 0 aromatic heterocycles. The largest absolute Gasteiger partial charge is 0.325 e. The summed E-state index contributed by atoms with van der Waals surface area (Å²) < 4.78 is 0.996. The highest BCUT2D eigenvalue weighted by molar-refractivity contribution is 9.10. The summed E-state index contributed by atoms with van der Waals surface area (Å²) in [4.78, 5) is 14.4. The van der Waals surface area contributed by atoms with E-state index >= 15 is 0 Å². The molecule has 0 aliphatic rings. The van der Waals surface area contributed by atoms with Gasteiger partial charge in [0, 0.05) is 16.7 Å². The van der Waals surface area contributed by atoms with Crippen molar-refractivity contribution in [3.05, 3.63) is 64.1 Å². The molecule has 22 heavy (non-hydrogen) atoms. The van der Waals surface area contributed by atoms with E-state index in [9.17, 15) is 4.79 Å². The number of anilines is 1. The van der Waals surface area contributed by atoms with Gasteiger partial charge >= 0.3 is 0 Å². The minimum atomic E-state index is -0.205. The average molecular weight is 361 g/mol. The molecule has 3 nitrogen and oxygen atoms in total. The molecule has 0 aliphatic carbocycles. The monoisotopic (exact) mass is 360 g/mol. The minimum Gasteiger partial charge on any atom is -0.325 e. The summed E-state index contributed by atoms with van der Waals surface area (Å²) in [5.41, 5.74) is 3.30. The van der Waals surface area contributed by atoms with Crippen molar-refractivity contribution >= 4 is 27.5 Å². The van der Waals surface area contributed by atoms with Crippen LogP contribution in [0.4, 0.5) is 5.69 Å². The summed E-state index contributed by atoms with van der Waals surface area (Å²) in [6.07, 6.45) is 0. The van der Waals surface area contributed by atoms with Crippen LogP contribution in [0.3, 0.4) is 0 Å². The zero-order chi connectivity index (χ0) is 16.1. The zero-order valence-electron chi connectivity index (χ0n) is 13.1. The van der Waals surface area contributed by atoms with E-state index in [0.29, 0.717) is 0 Å². The smallest absolute Gasteiger partial charge is 0.241 e. The molecule has 0 saturated heterocycles. The molecule has 0 radical (unpaired) electrons. The molecule has 1 amide bonds. The number of likely N-dealkylation sites (N-methyl/N-ethyl adjacent to an activating group) is 1. The van der Waals surface area contributed by atoms with Gasteiger partial charge in [0.1, 0.15) is 0 Å². The van der Waals surface area contributed by atoms with E-state index in [2.05, 4.69) is 45.2 Å². The lowest BCUT2D eigenvalue weighted by atomic mass is 10.1. The number of rotatable bonds is 5. The molecule has 0 fully saturated rings. The summed E-state index contributed by atoms with van der Waals surface area (Å²) in [5.74, 6) is -0.00148. The molecule has 0 bridgehead atoms. The normalized spacial score (nSPS) is 12.2. The average Bonchev–Trinajstić information content (AvgIpc) is 2.51. The van der Waals surface area contributed by atoms with Crippen LogP contribution in [0, 0.1) is 6.92 Å². The Hall–Kier alpha value is -1.65. The number of hydrogen-bond donors (Lipinski definition) is 1. The molecular formula is C18H21BrN2O. The second-order valence-electron chi connectivity index (χ2n) is 5.51. The molecule has 2 aromatic carbocycles. The third kappa shape index (κ3) is 4.42. The Bertz CT molecular complexity index is 640. The Morgan fingerprint density at radius 2 is 1.82 bits per heavy atom. The summed E-state index contributed by atoms with van der Waals surface area (Å²) >= 11 is 3.39. The third-order valence-electron chi connectivity index (χ3n) is 3.83. The number of carbonyl (C=O) groups is 1. The molecule has 2 aromatic rings. The highest BCUT2D eigenvalue weighted by Gasteiger charge is 2.18. The van der Waals surface area contributed by atoms with Crippen LogP contribution in [0.1, 0.15) is 18.1 Å². The number of amides is 1. The molecule has 0 spiro atoms. The highest BCUT2D eigenvalue weighted by atomic mass is 79.9. The van der Waals surface area contributed by atoms with Crippen molar-refractivity contribution in [1.29, 1.82) is 0 Å². The first-order valence-electron chi connectivity index (χ1n) is 7.28. The SMILES string of the molecule is Cc1ccccc1CN(C)[C@H](C)C(=O)Nc1ccc(Br)cc1. The van der Waals surface area contributed by atoms with Crippen molar-refractivity contribution in [2.24, 2.45) is 0 Å². The molecule has 2 rings (SSSR count). The maximum absolute atomic E-state index is 12.3. The Morgan fingerprint density at radius 3 is 2.45 bits per heavy atom. The van der Waals surface area contributed by atoms with Crippen LogP contribution in [-0.4, -0.2) is 23.9 Å². The Morgan fingerprint density at radius 1 is 1.18 bits per heavy atom. The van der Waals surface area contributed by atoms with Crippen LogP contribution in [0.5, 0.6) is 0 Å². The zero-order valence-corrected chi connectivity index (χ0v) is 14.7. The van der Waals surface area contributed by atoms with Crippen molar-refractivity contribution in [2.75, 3.05) is 12.4 Å². The molecule has 1 N–H and O–H groups in total. The van der Waals surface area contributed by atoms with Gasteiger partial charge < -0.3 is 5.32 Å². The quantitative estimate of drug-likeness (QED) is 0.865. The minimum absolute atomic E-state index is 0.00148. The lowest BCUT2D eigenvalue weighted by Crippen LogP contribution is -2.39. The van der Waals surface area contributed by atoms with E-state index in [1.54, 1.807) is 0 Å². The van der Waals surface area contributed by atoms with Crippen molar-refractivity contribution < 1.29 is 4.79 Å². The fraction of sp³-hybridized carbons (Fsp3) is 0.278. The maximum atomic E-state index is 12.3. The van der Waals surface area contributed by atoms with Crippen LogP contribution in [0.15, 0.2) is 53.0 Å². The molecule has 0 unspecified atom stereocenters. The van der Waals surface area contributed by atoms with E-state index in [-0.39, 0.29) is 11.9 Å². The first-order valence-corrected chi connectivity index (χ1v) is 8.08. The molecular weight excluding hydrogens is 340 g/mol. The lowest BCUT2D eigenvalue weighted by Gasteiger charge is -2.24. The maximum Gasteiger partial charge on any atom is 0.241 e. The molecule has 116 valence electrons. The number of nitrogens with one attached hydrogen (secondary N) is 1. The topological polar surface area (TPSA) is 32.3 Å². The predicted molar refractivity (Wildman–Crippen MR) is 94.9 cm³/mol. The lowest BCUT2D eigenvalue weighted by molar-refractivity contribution is -0.120. The van der Waals surface area contributed by atoms with Gasteiger partial charge in [-0.1, -0.05) is 40.2 Å². The Kier molecular flexibility index (Phi) is 5.75. The van der Waals surface area contributed by atoms with Crippen LogP contribution in [-0.2, 0) is 11.3 Å². The second-order valence-corrected chi connectivity index (χ2v) is 6.43. The summed E-state index contributed by atoms with van der Waals surface area (Å²) in [5, 5.41) is 2.95. The summed E-state index contributed by atoms with van der Waals surface area (Å²) in [6, 6.07) is 15.6. The van der Waals surface area contributed by atoms with Gasteiger partial charge in [-0.2, -0.15) is 0 Å². The van der Waals surface area contributed by atoms with E-state index in [1.807, 2.05) is 50.4 Å². The standard InChI is InChI=1S/C18H21BrN2O/c1-13-6-4-5-7-15(13)12-21(3)14(2)18(22)20-17-10-8-16(19)9-11-17/h4-11,14H,12H2,1-3H3,(H,20,22)/t14-/m1/s1. The van der Waals surface area contributed by atoms with Crippen molar-refractivity contribution in [1.82, 2.24) is 4.90 Å². The van der Waals surface area contributed by atoms with Gasteiger partial charge in [-0.3, -0.25) is 9.69 Å². The van der Waals surface area contributed by atoms with Gasteiger partial charge in [-0.25, -0.2) is 0 Å². The van der Waals surface area contributed by atoms with Crippen molar-refractivity contribution in [2.45, 2.75) is 26.4 Å². The number of carbonyl (C=O) groups excluding carboxylic acids is 1. The molecule has 0 saturated carbocycles. The molecule has 4 heteroatoms. The number of benzene rings is 2. The van der Waals surface area contributed by atoms with Gasteiger partial charge in [0.05, 0.1) is 6.04 Å². The third-order valence-corrected chi connectivity index (χ3v) is 4.36. The van der Waals surface area contributed by atoms with E-state index in [0.717, 1.165) is 16.7 Å². The number of nitrogens with zero attached hydrogens (tertiary/aromatic N) is 1. The van der Waals surface area contributed by atoms with Crippen LogP contribution >= 0.6 is 15.9 Å². The fourth-order valence-electron chi connectivity index (χ4n) is 2.17.